The van der Waals surface area contributed by atoms with Gasteiger partial charge in [-0.2, -0.15) is 0 Å². The summed E-state index contributed by atoms with van der Waals surface area (Å²) < 4.78 is 0. The SMILES string of the molecule is C=CCC1=CC2C=[P+](CCCCC)C=C2C1. The lowest BCUT2D eigenvalue weighted by molar-refractivity contribution is 0.777. The first kappa shape index (κ1) is 11.9. The molecule has 1 heteroatoms. The molecule has 2 unspecified atom stereocenters. The van der Waals surface area contributed by atoms with Crippen molar-refractivity contribution in [1.29, 1.82) is 0 Å². The molecule has 0 aromatic carbocycles. The van der Waals surface area contributed by atoms with Gasteiger partial charge in [0.2, 0.25) is 0 Å². The average molecular weight is 233 g/mol. The summed E-state index contributed by atoms with van der Waals surface area (Å²) in [6.45, 7) is 6.10. The van der Waals surface area contributed by atoms with Crippen molar-refractivity contribution in [2.45, 2.75) is 39.0 Å². The number of allylic oxidation sites excluding steroid dienone is 4. The first-order chi connectivity index (χ1) is 7.83. The molecule has 16 heavy (non-hydrogen) atoms. The standard InChI is InChI=1S/C15H22P/c1-3-5-6-8-16-11-14-9-13(7-4-2)10-15(14)12-16/h4,9,11-12,14H,2-3,5-8,10H2,1H3/q+1. The molecule has 1 aliphatic carbocycles. The van der Waals surface area contributed by atoms with Crippen molar-refractivity contribution in [2.75, 3.05) is 6.16 Å². The Bertz CT molecular complexity index is 358. The van der Waals surface area contributed by atoms with Crippen LogP contribution in [0.25, 0.3) is 0 Å². The summed E-state index contributed by atoms with van der Waals surface area (Å²) in [5.41, 5.74) is 3.25. The van der Waals surface area contributed by atoms with Gasteiger partial charge < -0.3 is 0 Å². The molecule has 0 bridgehead atoms. The lowest BCUT2D eigenvalue weighted by atomic mass is 10.1. The fourth-order valence-corrected chi connectivity index (χ4v) is 4.87. The van der Waals surface area contributed by atoms with Crippen molar-refractivity contribution in [1.82, 2.24) is 0 Å². The van der Waals surface area contributed by atoms with Crippen LogP contribution in [-0.4, -0.2) is 12.0 Å². The summed E-state index contributed by atoms with van der Waals surface area (Å²) in [5.74, 6) is 5.89. The number of rotatable bonds is 6. The predicted molar refractivity (Wildman–Crippen MR) is 76.5 cm³/mol. The molecule has 1 heterocycles. The second-order valence-corrected chi connectivity index (χ2v) is 6.85. The van der Waals surface area contributed by atoms with Crippen LogP contribution >= 0.6 is 7.55 Å². The second-order valence-electron chi connectivity index (χ2n) is 4.82. The summed E-state index contributed by atoms with van der Waals surface area (Å²) in [6, 6.07) is 0. The molecule has 0 saturated heterocycles. The largest absolute Gasteiger partial charge is 0.121 e. The topological polar surface area (TPSA) is 0 Å². The van der Waals surface area contributed by atoms with Gasteiger partial charge in [-0.15, -0.1) is 6.58 Å². The summed E-state index contributed by atoms with van der Waals surface area (Å²) in [6.07, 6.45) is 12.4. The Balaban J connectivity index is 1.89. The normalized spacial score (nSPS) is 24.8. The summed E-state index contributed by atoms with van der Waals surface area (Å²) in [7, 11) is 0.124. The molecule has 0 aromatic heterocycles. The van der Waals surface area contributed by atoms with Crippen LogP contribution in [0, 0.1) is 5.92 Å². The van der Waals surface area contributed by atoms with Crippen LogP contribution in [0.15, 0.2) is 35.7 Å². The van der Waals surface area contributed by atoms with Gasteiger partial charge in [-0.3, -0.25) is 0 Å². The number of hydrogen-bond acceptors (Lipinski definition) is 0. The van der Waals surface area contributed by atoms with E-state index in [-0.39, 0.29) is 7.55 Å². The van der Waals surface area contributed by atoms with E-state index in [4.69, 9.17) is 0 Å². The molecule has 2 atom stereocenters. The highest BCUT2D eigenvalue weighted by atomic mass is 31.1. The third-order valence-electron chi connectivity index (χ3n) is 3.38. The van der Waals surface area contributed by atoms with Crippen LogP contribution < -0.4 is 0 Å². The van der Waals surface area contributed by atoms with Gasteiger partial charge in [0.15, 0.2) is 0 Å². The molecule has 0 aromatic rings. The zero-order valence-electron chi connectivity index (χ0n) is 10.3. The van der Waals surface area contributed by atoms with Crippen LogP contribution in [0.4, 0.5) is 0 Å². The van der Waals surface area contributed by atoms with Crippen molar-refractivity contribution in [3.8, 4) is 0 Å². The zero-order chi connectivity index (χ0) is 11.4. The van der Waals surface area contributed by atoms with Gasteiger partial charge in [0.1, 0.15) is 25.3 Å². The number of unbranched alkanes of at least 4 members (excludes halogenated alkanes) is 2. The van der Waals surface area contributed by atoms with Crippen molar-refractivity contribution in [3.05, 3.63) is 35.7 Å². The Morgan fingerprint density at radius 1 is 1.50 bits per heavy atom. The van der Waals surface area contributed by atoms with Crippen molar-refractivity contribution >= 4 is 13.3 Å². The molecule has 1 aliphatic heterocycles. The molecule has 0 nitrogen and oxygen atoms in total. The Kier molecular flexibility index (Phi) is 4.18. The highest BCUT2D eigenvalue weighted by Gasteiger charge is 2.29. The Morgan fingerprint density at radius 3 is 3.06 bits per heavy atom. The third-order valence-corrected chi connectivity index (χ3v) is 5.58. The van der Waals surface area contributed by atoms with E-state index in [1.165, 1.54) is 31.8 Å². The van der Waals surface area contributed by atoms with Gasteiger partial charge >= 0.3 is 0 Å². The predicted octanol–water partition coefficient (Wildman–Crippen LogP) is 4.88. The van der Waals surface area contributed by atoms with E-state index in [1.807, 2.05) is 6.08 Å². The van der Waals surface area contributed by atoms with E-state index in [9.17, 15) is 0 Å². The molecule has 0 radical (unpaired) electrons. The maximum absolute atomic E-state index is 3.82. The fraction of sp³-hybridized carbons (Fsp3) is 0.533. The maximum atomic E-state index is 3.82. The van der Waals surface area contributed by atoms with Crippen molar-refractivity contribution in [3.63, 3.8) is 0 Å². The van der Waals surface area contributed by atoms with Crippen LogP contribution in [-0.2, 0) is 0 Å². The summed E-state index contributed by atoms with van der Waals surface area (Å²) in [4.78, 5) is 0. The zero-order valence-corrected chi connectivity index (χ0v) is 11.2. The van der Waals surface area contributed by atoms with Gasteiger partial charge in [0.05, 0.1) is 5.92 Å². The highest BCUT2D eigenvalue weighted by molar-refractivity contribution is 7.60. The lowest BCUT2D eigenvalue weighted by Gasteiger charge is -1.94. The van der Waals surface area contributed by atoms with E-state index in [0.29, 0.717) is 5.92 Å². The van der Waals surface area contributed by atoms with E-state index in [1.54, 1.807) is 11.1 Å². The van der Waals surface area contributed by atoms with E-state index in [0.717, 1.165) is 6.42 Å². The van der Waals surface area contributed by atoms with Crippen LogP contribution in [0.3, 0.4) is 0 Å². The van der Waals surface area contributed by atoms with Gasteiger partial charge in [0, 0.05) is 0 Å². The highest BCUT2D eigenvalue weighted by Crippen LogP contribution is 2.44. The van der Waals surface area contributed by atoms with Gasteiger partial charge in [-0.1, -0.05) is 31.1 Å². The first-order valence-electron chi connectivity index (χ1n) is 6.45. The van der Waals surface area contributed by atoms with Gasteiger partial charge in [0.25, 0.3) is 0 Å². The molecule has 86 valence electrons. The Labute approximate surface area is 101 Å². The molecule has 0 spiro atoms. The summed E-state index contributed by atoms with van der Waals surface area (Å²) in [5, 5.41) is 0. The number of fused-ring (bicyclic) bond motifs is 1. The van der Waals surface area contributed by atoms with Crippen molar-refractivity contribution < 1.29 is 0 Å². The van der Waals surface area contributed by atoms with Crippen molar-refractivity contribution in [2.24, 2.45) is 5.92 Å². The quantitative estimate of drug-likeness (QED) is 0.348. The fourth-order valence-electron chi connectivity index (χ4n) is 2.54. The third kappa shape index (κ3) is 2.74. The summed E-state index contributed by atoms with van der Waals surface area (Å²) >= 11 is 0. The molecule has 2 rings (SSSR count). The number of hydrogen-bond donors (Lipinski definition) is 0. The van der Waals surface area contributed by atoms with Crippen LogP contribution in [0.2, 0.25) is 0 Å². The molecule has 2 aliphatic rings. The maximum Gasteiger partial charge on any atom is 0.121 e. The minimum Gasteiger partial charge on any atom is -0.103 e. The van der Waals surface area contributed by atoms with E-state index < -0.39 is 0 Å². The Morgan fingerprint density at radius 2 is 2.38 bits per heavy atom. The first-order valence-corrected chi connectivity index (χ1v) is 8.11. The van der Waals surface area contributed by atoms with Gasteiger partial charge in [-0.25, -0.2) is 0 Å². The minimum atomic E-state index is 0.124. The van der Waals surface area contributed by atoms with Gasteiger partial charge in [-0.05, 0) is 31.3 Å². The molecule has 0 fully saturated rings. The smallest absolute Gasteiger partial charge is 0.103 e. The van der Waals surface area contributed by atoms with E-state index >= 15 is 0 Å². The Hall–Kier alpha value is -0.610. The second kappa shape index (κ2) is 5.64. The molecular weight excluding hydrogens is 211 g/mol. The van der Waals surface area contributed by atoms with Crippen LogP contribution in [0.1, 0.15) is 39.0 Å². The molecule has 0 saturated carbocycles. The average Bonchev–Trinajstić information content (AvgIpc) is 2.76. The molecule has 0 N–H and O–H groups in total. The minimum absolute atomic E-state index is 0.124. The molecular formula is C15H22P+. The van der Waals surface area contributed by atoms with Crippen LogP contribution in [0.5, 0.6) is 0 Å². The lowest BCUT2D eigenvalue weighted by Crippen LogP contribution is -1.90. The monoisotopic (exact) mass is 233 g/mol. The molecule has 0 amide bonds. The van der Waals surface area contributed by atoms with E-state index in [2.05, 4.69) is 31.2 Å².